The number of carbonyl (C=O) groups is 1. The number of hydrogen-bond acceptors (Lipinski definition) is 1. The highest BCUT2D eigenvalue weighted by Gasteiger charge is 2.32. The zero-order valence-corrected chi connectivity index (χ0v) is 9.45. The zero-order chi connectivity index (χ0) is 10.1. The van der Waals surface area contributed by atoms with Crippen LogP contribution in [0.4, 0.5) is 0 Å². The van der Waals surface area contributed by atoms with Crippen molar-refractivity contribution in [2.75, 3.05) is 0 Å². The number of halogens is 2. The van der Waals surface area contributed by atoms with Crippen LogP contribution in [-0.4, -0.2) is 16.3 Å². The Hall–Kier alpha value is 0.0500. The molecule has 0 radical (unpaired) electrons. The van der Waals surface area contributed by atoms with Gasteiger partial charge in [0.2, 0.25) is 0 Å². The molecule has 1 rings (SSSR count). The summed E-state index contributed by atoms with van der Waals surface area (Å²) in [5, 5.41) is 2.87. The van der Waals surface area contributed by atoms with E-state index in [2.05, 4.69) is 12.2 Å². The molecular formula is C9H15Cl2NO. The van der Waals surface area contributed by atoms with Crippen LogP contribution in [0.1, 0.15) is 33.1 Å². The molecule has 2 unspecified atom stereocenters. The van der Waals surface area contributed by atoms with Gasteiger partial charge in [-0.25, -0.2) is 0 Å². The van der Waals surface area contributed by atoms with Crippen molar-refractivity contribution in [3.63, 3.8) is 0 Å². The second-order valence-electron chi connectivity index (χ2n) is 3.88. The molecule has 1 N–H and O–H groups in total. The van der Waals surface area contributed by atoms with Gasteiger partial charge < -0.3 is 5.32 Å². The number of nitrogens with one attached hydrogen (secondary N) is 1. The molecule has 4 heteroatoms. The minimum Gasteiger partial charge on any atom is -0.351 e. The van der Waals surface area contributed by atoms with Gasteiger partial charge in [0.25, 0.3) is 5.91 Å². The summed E-state index contributed by atoms with van der Waals surface area (Å²) in [6, 6.07) is 0.254. The fourth-order valence-electron chi connectivity index (χ4n) is 1.65. The topological polar surface area (TPSA) is 29.1 Å². The average Bonchev–Trinajstić information content (AvgIpc) is 2.34. The van der Waals surface area contributed by atoms with Crippen molar-refractivity contribution >= 4 is 29.1 Å². The molecule has 1 amide bonds. The van der Waals surface area contributed by atoms with Crippen LogP contribution in [0.2, 0.25) is 0 Å². The predicted octanol–water partition coefficient (Wildman–Crippen LogP) is 2.49. The number of hydrogen-bond donors (Lipinski definition) is 1. The molecule has 13 heavy (non-hydrogen) atoms. The molecule has 1 saturated carbocycles. The van der Waals surface area contributed by atoms with Gasteiger partial charge in [-0.1, -0.05) is 36.5 Å². The number of amides is 1. The molecule has 2 atom stereocenters. The standard InChI is InChI=1S/C9H15Cl2NO/c1-6-4-3-5-7(6)12-8(13)9(2,10)11/h6-7H,3-5H2,1-2H3,(H,12,13). The summed E-state index contributed by atoms with van der Waals surface area (Å²) in [4.78, 5) is 11.4. The Morgan fingerprint density at radius 1 is 1.46 bits per heavy atom. The Morgan fingerprint density at radius 3 is 2.46 bits per heavy atom. The quantitative estimate of drug-likeness (QED) is 0.717. The van der Waals surface area contributed by atoms with Crippen LogP contribution < -0.4 is 5.32 Å². The first-order valence-electron chi connectivity index (χ1n) is 4.60. The monoisotopic (exact) mass is 223 g/mol. The van der Waals surface area contributed by atoms with Crippen molar-refractivity contribution in [2.24, 2.45) is 5.92 Å². The largest absolute Gasteiger partial charge is 0.351 e. The molecular weight excluding hydrogens is 209 g/mol. The molecule has 0 saturated heterocycles. The fraction of sp³-hybridized carbons (Fsp3) is 0.889. The van der Waals surface area contributed by atoms with Gasteiger partial charge in [0.15, 0.2) is 4.33 Å². The van der Waals surface area contributed by atoms with E-state index < -0.39 is 4.33 Å². The molecule has 0 bridgehead atoms. The summed E-state index contributed by atoms with van der Waals surface area (Å²) in [5.74, 6) is 0.259. The van der Waals surface area contributed by atoms with Gasteiger partial charge in [0.05, 0.1) is 0 Å². The van der Waals surface area contributed by atoms with E-state index in [9.17, 15) is 4.79 Å². The van der Waals surface area contributed by atoms with Gasteiger partial charge in [-0.3, -0.25) is 4.79 Å². The van der Waals surface area contributed by atoms with E-state index in [-0.39, 0.29) is 11.9 Å². The number of alkyl halides is 2. The first kappa shape index (κ1) is 11.1. The van der Waals surface area contributed by atoms with Crippen molar-refractivity contribution in [3.05, 3.63) is 0 Å². The van der Waals surface area contributed by atoms with Crippen LogP contribution in [0, 0.1) is 5.92 Å². The molecule has 0 aliphatic heterocycles. The summed E-state index contributed by atoms with van der Waals surface area (Å²) >= 11 is 11.3. The molecule has 0 aromatic carbocycles. The smallest absolute Gasteiger partial charge is 0.256 e. The van der Waals surface area contributed by atoms with Crippen LogP contribution in [0.5, 0.6) is 0 Å². The molecule has 1 fully saturated rings. The summed E-state index contributed by atoms with van der Waals surface area (Å²) in [6.07, 6.45) is 3.39. The normalized spacial score (nSPS) is 28.9. The molecule has 0 aromatic rings. The lowest BCUT2D eigenvalue weighted by Crippen LogP contribution is -2.43. The number of carbonyl (C=O) groups excluding carboxylic acids is 1. The molecule has 2 nitrogen and oxygen atoms in total. The first-order chi connectivity index (χ1) is 5.91. The lowest BCUT2D eigenvalue weighted by atomic mass is 10.1. The van der Waals surface area contributed by atoms with Gasteiger partial charge in [-0.15, -0.1) is 0 Å². The minimum atomic E-state index is -1.30. The highest BCUT2D eigenvalue weighted by molar-refractivity contribution is 6.57. The van der Waals surface area contributed by atoms with E-state index >= 15 is 0 Å². The van der Waals surface area contributed by atoms with E-state index in [0.717, 1.165) is 6.42 Å². The third kappa shape index (κ3) is 3.03. The zero-order valence-electron chi connectivity index (χ0n) is 7.94. The highest BCUT2D eigenvalue weighted by atomic mass is 35.5. The molecule has 76 valence electrons. The average molecular weight is 224 g/mol. The van der Waals surface area contributed by atoms with Crippen LogP contribution >= 0.6 is 23.2 Å². The van der Waals surface area contributed by atoms with Crippen molar-refractivity contribution in [2.45, 2.75) is 43.5 Å². The maximum atomic E-state index is 11.4. The first-order valence-corrected chi connectivity index (χ1v) is 5.35. The van der Waals surface area contributed by atoms with Crippen LogP contribution in [0.15, 0.2) is 0 Å². The minimum absolute atomic E-state index is 0.254. The molecule has 1 aliphatic rings. The SMILES string of the molecule is CC1CCCC1NC(=O)C(C)(Cl)Cl. The summed E-state index contributed by atoms with van der Waals surface area (Å²) < 4.78 is -1.30. The molecule has 0 spiro atoms. The van der Waals surface area contributed by atoms with E-state index in [1.54, 1.807) is 0 Å². The van der Waals surface area contributed by atoms with Crippen LogP contribution in [0.25, 0.3) is 0 Å². The predicted molar refractivity (Wildman–Crippen MR) is 55.1 cm³/mol. The third-order valence-corrected chi connectivity index (χ3v) is 2.92. The van der Waals surface area contributed by atoms with Gasteiger partial charge in [0.1, 0.15) is 0 Å². The second kappa shape index (κ2) is 4.05. The van der Waals surface area contributed by atoms with Crippen molar-refractivity contribution in [1.29, 1.82) is 0 Å². The third-order valence-electron chi connectivity index (χ3n) is 2.58. The fourth-order valence-corrected chi connectivity index (χ4v) is 1.76. The maximum Gasteiger partial charge on any atom is 0.256 e. The Balaban J connectivity index is 2.45. The van der Waals surface area contributed by atoms with Gasteiger partial charge in [-0.2, -0.15) is 0 Å². The van der Waals surface area contributed by atoms with Crippen molar-refractivity contribution < 1.29 is 4.79 Å². The molecule has 0 aromatic heterocycles. The summed E-state index contributed by atoms with van der Waals surface area (Å²) in [6.45, 7) is 3.63. The maximum absolute atomic E-state index is 11.4. The lowest BCUT2D eigenvalue weighted by molar-refractivity contribution is -0.122. The summed E-state index contributed by atoms with van der Waals surface area (Å²) in [7, 11) is 0. The Labute approximate surface area is 89.0 Å². The highest BCUT2D eigenvalue weighted by Crippen LogP contribution is 2.27. The van der Waals surface area contributed by atoms with E-state index in [4.69, 9.17) is 23.2 Å². The van der Waals surface area contributed by atoms with Gasteiger partial charge in [-0.05, 0) is 25.7 Å². The lowest BCUT2D eigenvalue weighted by Gasteiger charge is -2.21. The van der Waals surface area contributed by atoms with E-state index in [1.807, 2.05) is 0 Å². The van der Waals surface area contributed by atoms with Gasteiger partial charge in [0, 0.05) is 6.04 Å². The molecule has 1 aliphatic carbocycles. The Morgan fingerprint density at radius 2 is 2.08 bits per heavy atom. The van der Waals surface area contributed by atoms with E-state index in [0.29, 0.717) is 5.92 Å². The van der Waals surface area contributed by atoms with Crippen molar-refractivity contribution in [1.82, 2.24) is 5.32 Å². The molecule has 0 heterocycles. The van der Waals surface area contributed by atoms with Gasteiger partial charge >= 0.3 is 0 Å². The van der Waals surface area contributed by atoms with E-state index in [1.165, 1.54) is 19.8 Å². The Kier molecular flexibility index (Phi) is 3.47. The van der Waals surface area contributed by atoms with Crippen LogP contribution in [0.3, 0.4) is 0 Å². The number of rotatable bonds is 2. The van der Waals surface area contributed by atoms with Crippen molar-refractivity contribution in [3.8, 4) is 0 Å². The second-order valence-corrected chi connectivity index (χ2v) is 5.58. The summed E-state index contributed by atoms with van der Waals surface area (Å²) in [5.41, 5.74) is 0. The van der Waals surface area contributed by atoms with Crippen LogP contribution in [-0.2, 0) is 4.79 Å². The Bertz CT molecular complexity index is 200.